The highest BCUT2D eigenvalue weighted by Crippen LogP contribution is 2.37. The van der Waals surface area contributed by atoms with Crippen LogP contribution >= 0.6 is 0 Å². The number of aromatic nitrogens is 2. The zero-order valence-corrected chi connectivity index (χ0v) is 12.5. The Kier molecular flexibility index (Phi) is 4.26. The van der Waals surface area contributed by atoms with Gasteiger partial charge in [0.2, 0.25) is 0 Å². The van der Waals surface area contributed by atoms with Crippen LogP contribution in [0.5, 0.6) is 0 Å². The summed E-state index contributed by atoms with van der Waals surface area (Å²) in [6.07, 6.45) is 3.18. The van der Waals surface area contributed by atoms with Crippen molar-refractivity contribution in [2.45, 2.75) is 46.5 Å². The maximum atomic E-state index is 11.6. The van der Waals surface area contributed by atoms with Crippen LogP contribution < -0.4 is 4.90 Å². The molecule has 1 aromatic rings. The smallest absolute Gasteiger partial charge is 0.311 e. The second-order valence-corrected chi connectivity index (χ2v) is 5.63. The first-order valence-electron chi connectivity index (χ1n) is 7.33. The van der Waals surface area contributed by atoms with Gasteiger partial charge in [-0.1, -0.05) is 20.3 Å². The van der Waals surface area contributed by atoms with E-state index in [4.69, 9.17) is 0 Å². The van der Waals surface area contributed by atoms with E-state index < -0.39 is 11.4 Å². The lowest BCUT2D eigenvalue weighted by molar-refractivity contribution is -0.148. The molecule has 0 saturated carbocycles. The molecular weight excluding hydrogens is 254 g/mol. The predicted octanol–water partition coefficient (Wildman–Crippen LogP) is 2.43. The molecule has 0 spiro atoms. The molecule has 0 radical (unpaired) electrons. The minimum Gasteiger partial charge on any atom is -0.481 e. The molecule has 1 fully saturated rings. The molecule has 2 heterocycles. The Bertz CT molecular complexity index is 504. The van der Waals surface area contributed by atoms with Crippen molar-refractivity contribution in [3.63, 3.8) is 0 Å². The van der Waals surface area contributed by atoms with Crippen LogP contribution in [0.25, 0.3) is 0 Å². The molecule has 110 valence electrons. The fraction of sp³-hybridized carbons (Fsp3) is 0.667. The molecule has 1 saturated heterocycles. The number of carbonyl (C=O) groups is 1. The number of nitrogens with zero attached hydrogens (tertiary/aromatic N) is 3. The van der Waals surface area contributed by atoms with Crippen molar-refractivity contribution in [3.8, 4) is 0 Å². The van der Waals surface area contributed by atoms with Crippen LogP contribution in [0, 0.1) is 12.3 Å². The molecule has 5 nitrogen and oxygen atoms in total. The molecule has 0 bridgehead atoms. The van der Waals surface area contributed by atoms with Gasteiger partial charge >= 0.3 is 5.97 Å². The third-order valence-electron chi connectivity index (χ3n) is 4.10. The van der Waals surface area contributed by atoms with Gasteiger partial charge in [-0.2, -0.15) is 0 Å². The molecular formula is C15H23N3O2. The zero-order valence-electron chi connectivity index (χ0n) is 12.5. The number of carboxylic acid groups (broad SMARTS) is 1. The molecule has 0 aliphatic carbocycles. The van der Waals surface area contributed by atoms with Gasteiger partial charge in [-0.15, -0.1) is 0 Å². The first-order chi connectivity index (χ1) is 9.50. The van der Waals surface area contributed by atoms with Gasteiger partial charge in [0, 0.05) is 24.8 Å². The van der Waals surface area contributed by atoms with Crippen molar-refractivity contribution in [1.82, 2.24) is 9.97 Å². The molecule has 1 aliphatic heterocycles. The quantitative estimate of drug-likeness (QED) is 0.895. The number of hydrogen-bond donors (Lipinski definition) is 1. The first-order valence-corrected chi connectivity index (χ1v) is 7.33. The van der Waals surface area contributed by atoms with Crippen molar-refractivity contribution in [2.75, 3.05) is 18.0 Å². The minimum atomic E-state index is -0.677. The second-order valence-electron chi connectivity index (χ2n) is 5.63. The predicted molar refractivity (Wildman–Crippen MR) is 78.0 cm³/mol. The van der Waals surface area contributed by atoms with E-state index in [0.29, 0.717) is 13.0 Å². The topological polar surface area (TPSA) is 66.3 Å². The number of aryl methyl sites for hydroxylation is 2. The largest absolute Gasteiger partial charge is 0.481 e. The minimum absolute atomic E-state index is 0.551. The van der Waals surface area contributed by atoms with E-state index in [1.165, 1.54) is 0 Å². The zero-order chi connectivity index (χ0) is 14.8. The third-order valence-corrected chi connectivity index (χ3v) is 4.10. The van der Waals surface area contributed by atoms with E-state index in [1.54, 1.807) is 0 Å². The molecule has 1 aliphatic rings. The molecule has 2 rings (SSSR count). The van der Waals surface area contributed by atoms with E-state index in [1.807, 2.05) is 19.9 Å². The van der Waals surface area contributed by atoms with E-state index in [-0.39, 0.29) is 0 Å². The maximum Gasteiger partial charge on any atom is 0.311 e. The highest BCUT2D eigenvalue weighted by Gasteiger charge is 2.44. The average molecular weight is 277 g/mol. The standard InChI is InChI=1S/C15H23N3O2/c1-4-6-15(14(19)20)7-8-18(10-15)13-9-12(5-2)16-11(3)17-13/h9H,4-8,10H2,1-3H3,(H,19,20). The summed E-state index contributed by atoms with van der Waals surface area (Å²) in [6, 6.07) is 1.98. The normalized spacial score (nSPS) is 22.2. The Morgan fingerprint density at radius 3 is 2.80 bits per heavy atom. The molecule has 1 atom stereocenters. The van der Waals surface area contributed by atoms with Crippen LogP contribution in [0.1, 0.15) is 44.6 Å². The maximum absolute atomic E-state index is 11.6. The van der Waals surface area contributed by atoms with Crippen molar-refractivity contribution < 1.29 is 9.90 Å². The van der Waals surface area contributed by atoms with E-state index in [0.717, 1.165) is 43.1 Å². The Hall–Kier alpha value is -1.65. The summed E-state index contributed by atoms with van der Waals surface area (Å²) >= 11 is 0. The van der Waals surface area contributed by atoms with Crippen LogP contribution in [0.15, 0.2) is 6.07 Å². The summed E-state index contributed by atoms with van der Waals surface area (Å²) < 4.78 is 0. The average Bonchev–Trinajstić information content (AvgIpc) is 2.84. The van der Waals surface area contributed by atoms with Crippen molar-refractivity contribution in [1.29, 1.82) is 0 Å². The van der Waals surface area contributed by atoms with Gasteiger partial charge in [-0.05, 0) is 26.2 Å². The van der Waals surface area contributed by atoms with Crippen LogP contribution in [0.3, 0.4) is 0 Å². The van der Waals surface area contributed by atoms with E-state index >= 15 is 0 Å². The fourth-order valence-corrected chi connectivity index (χ4v) is 2.99. The van der Waals surface area contributed by atoms with E-state index in [9.17, 15) is 9.90 Å². The Balaban J connectivity index is 2.24. The number of hydrogen-bond acceptors (Lipinski definition) is 4. The molecule has 0 aromatic carbocycles. The van der Waals surface area contributed by atoms with Gasteiger partial charge in [0.15, 0.2) is 0 Å². The number of rotatable bonds is 5. The molecule has 5 heteroatoms. The number of anilines is 1. The summed E-state index contributed by atoms with van der Waals surface area (Å²) in [7, 11) is 0. The summed E-state index contributed by atoms with van der Waals surface area (Å²) in [6.45, 7) is 7.29. The number of aliphatic carboxylic acids is 1. The molecule has 1 N–H and O–H groups in total. The van der Waals surface area contributed by atoms with Gasteiger partial charge in [-0.3, -0.25) is 4.79 Å². The lowest BCUT2D eigenvalue weighted by Crippen LogP contribution is -2.35. The van der Waals surface area contributed by atoms with Crippen LogP contribution in [0.4, 0.5) is 5.82 Å². The van der Waals surface area contributed by atoms with Crippen LogP contribution in [-0.2, 0) is 11.2 Å². The Morgan fingerprint density at radius 1 is 1.45 bits per heavy atom. The summed E-state index contributed by atoms with van der Waals surface area (Å²) in [5.41, 5.74) is 0.399. The van der Waals surface area contributed by atoms with E-state index in [2.05, 4.69) is 21.8 Å². The SMILES string of the molecule is CCCC1(C(=O)O)CCN(c2cc(CC)nc(C)n2)C1. The number of carboxylic acids is 1. The fourth-order valence-electron chi connectivity index (χ4n) is 2.99. The van der Waals surface area contributed by atoms with Crippen molar-refractivity contribution in [2.24, 2.45) is 5.41 Å². The van der Waals surface area contributed by atoms with Gasteiger partial charge in [0.25, 0.3) is 0 Å². The van der Waals surface area contributed by atoms with Gasteiger partial charge < -0.3 is 10.0 Å². The Morgan fingerprint density at radius 2 is 2.20 bits per heavy atom. The lowest BCUT2D eigenvalue weighted by atomic mass is 9.83. The van der Waals surface area contributed by atoms with Crippen molar-refractivity contribution in [3.05, 3.63) is 17.6 Å². The first kappa shape index (κ1) is 14.8. The van der Waals surface area contributed by atoms with Crippen LogP contribution in [0.2, 0.25) is 0 Å². The third kappa shape index (κ3) is 2.76. The van der Waals surface area contributed by atoms with Gasteiger partial charge in [0.1, 0.15) is 11.6 Å². The Labute approximate surface area is 120 Å². The lowest BCUT2D eigenvalue weighted by Gasteiger charge is -2.24. The molecule has 20 heavy (non-hydrogen) atoms. The molecule has 1 unspecified atom stereocenters. The van der Waals surface area contributed by atoms with Gasteiger partial charge in [-0.25, -0.2) is 9.97 Å². The molecule has 0 amide bonds. The van der Waals surface area contributed by atoms with Crippen molar-refractivity contribution >= 4 is 11.8 Å². The van der Waals surface area contributed by atoms with Crippen LogP contribution in [-0.4, -0.2) is 34.1 Å². The monoisotopic (exact) mass is 277 g/mol. The summed E-state index contributed by atoms with van der Waals surface area (Å²) in [5.74, 6) is 0.944. The molecule has 1 aromatic heterocycles. The highest BCUT2D eigenvalue weighted by molar-refractivity contribution is 5.76. The summed E-state index contributed by atoms with van der Waals surface area (Å²) in [4.78, 5) is 22.6. The second kappa shape index (κ2) is 5.77. The highest BCUT2D eigenvalue weighted by atomic mass is 16.4. The van der Waals surface area contributed by atoms with Gasteiger partial charge in [0.05, 0.1) is 5.41 Å². The summed E-state index contributed by atoms with van der Waals surface area (Å²) in [5, 5.41) is 9.56.